The zero-order chi connectivity index (χ0) is 15.8. The normalized spacial score (nSPS) is 12.0. The Balaban J connectivity index is 2.41. The molecule has 116 valence electrons. The quantitative estimate of drug-likeness (QED) is 0.750. The van der Waals surface area contributed by atoms with Gasteiger partial charge < -0.3 is 10.5 Å². The first kappa shape index (κ1) is 17.2. The van der Waals surface area contributed by atoms with Crippen molar-refractivity contribution in [3.63, 3.8) is 0 Å². The summed E-state index contributed by atoms with van der Waals surface area (Å²) < 4.78 is 5.14. The zero-order valence-electron chi connectivity index (χ0n) is 12.1. The number of imide groups is 1. The van der Waals surface area contributed by atoms with E-state index in [1.165, 1.54) is 4.88 Å². The van der Waals surface area contributed by atoms with Crippen molar-refractivity contribution in [3.8, 4) is 0 Å². The van der Waals surface area contributed by atoms with Gasteiger partial charge in [-0.05, 0) is 30.2 Å². The summed E-state index contributed by atoms with van der Waals surface area (Å²) in [5, 5.41) is 3.92. The number of aryl methyl sites for hydroxylation is 1. The minimum absolute atomic E-state index is 0.227. The van der Waals surface area contributed by atoms with Crippen LogP contribution in [0.1, 0.15) is 31.6 Å². The molecule has 0 aromatic carbocycles. The van der Waals surface area contributed by atoms with Crippen molar-refractivity contribution >= 4 is 29.2 Å². The van der Waals surface area contributed by atoms with Crippen molar-refractivity contribution in [2.45, 2.75) is 39.2 Å². The number of primary amides is 1. The predicted octanol–water partition coefficient (Wildman–Crippen LogP) is 1.83. The summed E-state index contributed by atoms with van der Waals surface area (Å²) in [6.07, 6.45) is 0.672. The summed E-state index contributed by atoms with van der Waals surface area (Å²) >= 11 is 1.64. The van der Waals surface area contributed by atoms with Crippen LogP contribution >= 0.6 is 11.3 Å². The van der Waals surface area contributed by atoms with Crippen LogP contribution < -0.4 is 11.1 Å². The first-order valence-electron chi connectivity index (χ1n) is 6.72. The van der Waals surface area contributed by atoms with Crippen molar-refractivity contribution in [3.05, 3.63) is 22.4 Å². The molecule has 0 bridgehead atoms. The highest BCUT2D eigenvalue weighted by Crippen LogP contribution is 2.13. The van der Waals surface area contributed by atoms with E-state index < -0.39 is 24.0 Å². The topological polar surface area (TPSA) is 98.5 Å². The largest absolute Gasteiger partial charge is 0.452 e. The van der Waals surface area contributed by atoms with Crippen molar-refractivity contribution in [1.29, 1.82) is 0 Å². The maximum absolute atomic E-state index is 11.8. The van der Waals surface area contributed by atoms with Gasteiger partial charge in [-0.3, -0.25) is 14.9 Å². The molecule has 1 heterocycles. The molecule has 0 aliphatic carbocycles. The van der Waals surface area contributed by atoms with E-state index in [2.05, 4.69) is 0 Å². The predicted molar refractivity (Wildman–Crippen MR) is 79.7 cm³/mol. The number of esters is 1. The van der Waals surface area contributed by atoms with Crippen LogP contribution in [0.2, 0.25) is 0 Å². The third kappa shape index (κ3) is 6.40. The maximum atomic E-state index is 11.8. The molecule has 0 saturated heterocycles. The molecule has 0 radical (unpaired) electrons. The maximum Gasteiger partial charge on any atom is 0.318 e. The Morgan fingerprint density at radius 1 is 1.38 bits per heavy atom. The fourth-order valence-corrected chi connectivity index (χ4v) is 2.50. The molecule has 21 heavy (non-hydrogen) atoms. The summed E-state index contributed by atoms with van der Waals surface area (Å²) in [5.74, 6) is -1.39. The van der Waals surface area contributed by atoms with Crippen molar-refractivity contribution < 1.29 is 19.1 Å². The molecule has 0 fully saturated rings. The van der Waals surface area contributed by atoms with E-state index in [1.54, 1.807) is 25.2 Å². The lowest BCUT2D eigenvalue weighted by molar-refractivity contribution is -0.158. The summed E-state index contributed by atoms with van der Waals surface area (Å²) in [4.78, 5) is 35.3. The van der Waals surface area contributed by atoms with Gasteiger partial charge in [-0.25, -0.2) is 4.79 Å². The number of urea groups is 1. The van der Waals surface area contributed by atoms with E-state index in [4.69, 9.17) is 10.5 Å². The Kier molecular flexibility index (Phi) is 6.87. The number of hydrogen-bond acceptors (Lipinski definition) is 5. The molecule has 3 N–H and O–H groups in total. The lowest BCUT2D eigenvalue weighted by Crippen LogP contribution is -2.45. The van der Waals surface area contributed by atoms with Gasteiger partial charge in [0.05, 0.1) is 0 Å². The SMILES string of the molecule is CC(C)[C@@H](OC(=O)CCCc1cccs1)C(=O)NC(N)=O. The number of nitrogens with two attached hydrogens (primary N) is 1. The third-order valence-corrected chi connectivity index (χ3v) is 3.69. The molecule has 7 heteroatoms. The van der Waals surface area contributed by atoms with Crippen molar-refractivity contribution in [2.24, 2.45) is 11.7 Å². The molecular formula is C14H20N2O4S. The van der Waals surface area contributed by atoms with Crippen LogP contribution in [-0.2, 0) is 20.7 Å². The van der Waals surface area contributed by atoms with E-state index in [9.17, 15) is 14.4 Å². The molecule has 1 rings (SSSR count). The summed E-state index contributed by atoms with van der Waals surface area (Å²) in [6.45, 7) is 3.45. The number of hydrogen-bond donors (Lipinski definition) is 2. The van der Waals surface area contributed by atoms with Gasteiger partial charge in [-0.2, -0.15) is 0 Å². The number of nitrogens with one attached hydrogen (secondary N) is 1. The van der Waals surface area contributed by atoms with Crippen LogP contribution in [0.5, 0.6) is 0 Å². The van der Waals surface area contributed by atoms with Gasteiger partial charge >= 0.3 is 12.0 Å². The van der Waals surface area contributed by atoms with E-state index >= 15 is 0 Å². The second-order valence-electron chi connectivity index (χ2n) is 4.94. The fourth-order valence-electron chi connectivity index (χ4n) is 1.75. The Morgan fingerprint density at radius 3 is 2.62 bits per heavy atom. The Morgan fingerprint density at radius 2 is 2.10 bits per heavy atom. The molecule has 1 atom stereocenters. The number of ether oxygens (including phenoxy) is 1. The zero-order valence-corrected chi connectivity index (χ0v) is 12.9. The molecular weight excluding hydrogens is 292 g/mol. The Labute approximate surface area is 127 Å². The highest BCUT2D eigenvalue weighted by atomic mass is 32.1. The van der Waals surface area contributed by atoms with Crippen molar-refractivity contribution in [1.82, 2.24) is 5.32 Å². The molecule has 1 aromatic rings. The van der Waals surface area contributed by atoms with Gasteiger partial charge in [0.1, 0.15) is 0 Å². The second kappa shape index (κ2) is 8.41. The lowest BCUT2D eigenvalue weighted by atomic mass is 10.1. The van der Waals surface area contributed by atoms with Crippen LogP contribution in [0.3, 0.4) is 0 Å². The van der Waals surface area contributed by atoms with Gasteiger partial charge in [-0.1, -0.05) is 19.9 Å². The van der Waals surface area contributed by atoms with Crippen LogP contribution in [-0.4, -0.2) is 24.0 Å². The first-order chi connectivity index (χ1) is 9.90. The van der Waals surface area contributed by atoms with Crippen LogP contribution in [0.15, 0.2) is 17.5 Å². The monoisotopic (exact) mass is 312 g/mol. The van der Waals surface area contributed by atoms with Gasteiger partial charge in [0.15, 0.2) is 6.10 Å². The van der Waals surface area contributed by atoms with Crippen LogP contribution in [0.25, 0.3) is 0 Å². The highest BCUT2D eigenvalue weighted by Gasteiger charge is 2.27. The average molecular weight is 312 g/mol. The molecule has 0 aliphatic rings. The molecule has 3 amide bonds. The van der Waals surface area contributed by atoms with Gasteiger partial charge in [0, 0.05) is 11.3 Å². The number of amides is 3. The number of thiophene rings is 1. The highest BCUT2D eigenvalue weighted by molar-refractivity contribution is 7.09. The van der Waals surface area contributed by atoms with E-state index in [0.717, 1.165) is 6.42 Å². The Bertz CT molecular complexity index is 485. The minimum Gasteiger partial charge on any atom is -0.452 e. The standard InChI is InChI=1S/C14H20N2O4S/c1-9(2)12(13(18)16-14(15)19)20-11(17)7-3-5-10-6-4-8-21-10/h4,6,8-9,12H,3,5,7H2,1-2H3,(H3,15,16,18,19)/t12-/m1/s1. The lowest BCUT2D eigenvalue weighted by Gasteiger charge is -2.19. The van der Waals surface area contributed by atoms with Crippen molar-refractivity contribution in [2.75, 3.05) is 0 Å². The smallest absolute Gasteiger partial charge is 0.318 e. The van der Waals surface area contributed by atoms with E-state index in [1.807, 2.05) is 22.8 Å². The molecule has 0 spiro atoms. The molecule has 1 aromatic heterocycles. The van der Waals surface area contributed by atoms with Crippen LogP contribution in [0.4, 0.5) is 4.79 Å². The number of carbonyl (C=O) groups excluding carboxylic acids is 3. The summed E-state index contributed by atoms with van der Waals surface area (Å²) in [6, 6.07) is 3.01. The van der Waals surface area contributed by atoms with Crippen LogP contribution in [0, 0.1) is 5.92 Å². The Hall–Kier alpha value is -1.89. The summed E-state index contributed by atoms with van der Waals surface area (Å²) in [5.41, 5.74) is 4.89. The van der Waals surface area contributed by atoms with E-state index in [-0.39, 0.29) is 12.3 Å². The van der Waals surface area contributed by atoms with Gasteiger partial charge in [-0.15, -0.1) is 11.3 Å². The number of carbonyl (C=O) groups is 3. The minimum atomic E-state index is -1.01. The summed E-state index contributed by atoms with van der Waals surface area (Å²) in [7, 11) is 0. The molecule has 0 saturated carbocycles. The van der Waals surface area contributed by atoms with E-state index in [0.29, 0.717) is 6.42 Å². The third-order valence-electron chi connectivity index (χ3n) is 2.75. The average Bonchev–Trinajstić information content (AvgIpc) is 2.87. The second-order valence-corrected chi connectivity index (χ2v) is 5.97. The van der Waals surface area contributed by atoms with Gasteiger partial charge in [0.2, 0.25) is 0 Å². The van der Waals surface area contributed by atoms with Gasteiger partial charge in [0.25, 0.3) is 5.91 Å². The molecule has 0 unspecified atom stereocenters. The number of rotatable bonds is 7. The first-order valence-corrected chi connectivity index (χ1v) is 7.60. The molecule has 0 aliphatic heterocycles. The fraction of sp³-hybridized carbons (Fsp3) is 0.500. The molecule has 6 nitrogen and oxygen atoms in total.